The van der Waals surface area contributed by atoms with Crippen molar-refractivity contribution in [3.8, 4) is 0 Å². The van der Waals surface area contributed by atoms with Gasteiger partial charge in [0.2, 0.25) is 0 Å². The van der Waals surface area contributed by atoms with Crippen molar-refractivity contribution in [1.82, 2.24) is 0 Å². The normalized spacial score (nSPS) is 22.1. The molecular weight excluding hydrogens is 612 g/mol. The Bertz CT molecular complexity index is 1380. The van der Waals surface area contributed by atoms with Crippen LogP contribution in [0.1, 0.15) is 76.0 Å². The highest BCUT2D eigenvalue weighted by Crippen LogP contribution is 2.36. The van der Waals surface area contributed by atoms with E-state index < -0.39 is 54.5 Å². The van der Waals surface area contributed by atoms with E-state index in [1.165, 1.54) is 0 Å². The largest absolute Gasteiger partial charge is 0.457 e. The Hall–Kier alpha value is -4.05. The van der Waals surface area contributed by atoms with Crippen LogP contribution in [0.25, 0.3) is 0 Å². The molecule has 0 radical (unpaired) electrons. The van der Waals surface area contributed by atoms with E-state index in [1.54, 1.807) is 0 Å². The molecule has 258 valence electrons. The Morgan fingerprint density at radius 1 is 0.417 bits per heavy atom. The van der Waals surface area contributed by atoms with E-state index in [2.05, 4.69) is 0 Å². The van der Waals surface area contributed by atoms with E-state index in [4.69, 9.17) is 28.4 Å². The Morgan fingerprint density at radius 3 is 0.938 bits per heavy atom. The van der Waals surface area contributed by atoms with E-state index >= 15 is 0 Å². The predicted octanol–water partition coefficient (Wildman–Crippen LogP) is 6.89. The van der Waals surface area contributed by atoms with Gasteiger partial charge in [-0.3, -0.25) is 14.4 Å². The van der Waals surface area contributed by atoms with Gasteiger partial charge in [-0.25, -0.2) is 0 Å². The number of rotatable bonds is 18. The zero-order valence-electron chi connectivity index (χ0n) is 28.2. The van der Waals surface area contributed by atoms with Gasteiger partial charge in [0.15, 0.2) is 18.3 Å². The summed E-state index contributed by atoms with van der Waals surface area (Å²) in [6, 6.07) is 28.7. The molecule has 3 aromatic rings. The molecule has 9 heteroatoms. The van der Waals surface area contributed by atoms with Crippen LogP contribution in [0.3, 0.4) is 0 Å². The molecule has 1 saturated carbocycles. The van der Waals surface area contributed by atoms with Crippen LogP contribution in [0.4, 0.5) is 0 Å². The molecule has 1 aliphatic carbocycles. The van der Waals surface area contributed by atoms with Gasteiger partial charge in [0.05, 0.1) is 19.8 Å². The fourth-order valence-corrected chi connectivity index (χ4v) is 5.64. The van der Waals surface area contributed by atoms with Gasteiger partial charge >= 0.3 is 17.9 Å². The average Bonchev–Trinajstić information content (AvgIpc) is 3.09. The molecule has 4 rings (SSSR count). The minimum absolute atomic E-state index is 0.117. The van der Waals surface area contributed by atoms with Gasteiger partial charge in [0.25, 0.3) is 0 Å². The third-order valence-corrected chi connectivity index (χ3v) is 7.96. The molecule has 1 fully saturated rings. The van der Waals surface area contributed by atoms with Gasteiger partial charge in [-0.05, 0) is 36.0 Å². The summed E-state index contributed by atoms with van der Waals surface area (Å²) in [7, 11) is 0. The second kappa shape index (κ2) is 19.7. The molecule has 6 atom stereocenters. The summed E-state index contributed by atoms with van der Waals surface area (Å²) in [5.74, 6) is -1.42. The van der Waals surface area contributed by atoms with Crippen molar-refractivity contribution in [3.05, 3.63) is 108 Å². The van der Waals surface area contributed by atoms with Crippen molar-refractivity contribution in [2.45, 2.75) is 116 Å². The van der Waals surface area contributed by atoms with Gasteiger partial charge in [0, 0.05) is 19.3 Å². The molecule has 0 saturated heterocycles. The highest BCUT2D eigenvalue weighted by molar-refractivity contribution is 5.71. The average molecular weight is 661 g/mol. The summed E-state index contributed by atoms with van der Waals surface area (Å²) in [5.41, 5.74) is 2.62. The maximum absolute atomic E-state index is 13.2. The molecule has 0 bridgehead atoms. The maximum atomic E-state index is 13.2. The quantitative estimate of drug-likeness (QED) is 0.106. The van der Waals surface area contributed by atoms with Crippen LogP contribution in [-0.4, -0.2) is 54.5 Å². The lowest BCUT2D eigenvalue weighted by molar-refractivity contribution is -0.275. The lowest BCUT2D eigenvalue weighted by Crippen LogP contribution is -2.68. The van der Waals surface area contributed by atoms with Crippen LogP contribution in [-0.2, 0) is 62.6 Å². The molecular formula is C39H48O9. The molecule has 0 unspecified atom stereocenters. The molecule has 1 aliphatic rings. The summed E-state index contributed by atoms with van der Waals surface area (Å²) < 4.78 is 38.2. The summed E-state index contributed by atoms with van der Waals surface area (Å²) in [4.78, 5) is 39.7. The van der Waals surface area contributed by atoms with E-state index in [0.29, 0.717) is 19.3 Å². The van der Waals surface area contributed by atoms with Crippen molar-refractivity contribution in [2.75, 3.05) is 0 Å². The van der Waals surface area contributed by atoms with Gasteiger partial charge < -0.3 is 28.4 Å². The monoisotopic (exact) mass is 660 g/mol. The summed E-state index contributed by atoms with van der Waals surface area (Å²) in [6.07, 6.45) is -4.24. The smallest absolute Gasteiger partial charge is 0.306 e. The highest BCUT2D eigenvalue weighted by Gasteiger charge is 2.58. The van der Waals surface area contributed by atoms with Gasteiger partial charge in [-0.1, -0.05) is 112 Å². The second-order valence-corrected chi connectivity index (χ2v) is 11.9. The number of ether oxygens (including phenoxy) is 6. The number of esters is 3. The lowest BCUT2D eigenvalue weighted by atomic mass is 9.83. The first-order chi connectivity index (χ1) is 23.4. The third-order valence-electron chi connectivity index (χ3n) is 7.96. The first-order valence-electron chi connectivity index (χ1n) is 17.0. The first-order valence-corrected chi connectivity index (χ1v) is 17.0. The van der Waals surface area contributed by atoms with Crippen LogP contribution >= 0.6 is 0 Å². The van der Waals surface area contributed by atoms with Crippen molar-refractivity contribution < 1.29 is 42.8 Å². The van der Waals surface area contributed by atoms with E-state index in [-0.39, 0.29) is 39.1 Å². The van der Waals surface area contributed by atoms with Crippen LogP contribution < -0.4 is 0 Å². The molecule has 0 aromatic heterocycles. The molecule has 0 aliphatic heterocycles. The number of carbonyl (C=O) groups excluding carboxylic acids is 3. The lowest BCUT2D eigenvalue weighted by Gasteiger charge is -2.48. The van der Waals surface area contributed by atoms with E-state index in [1.807, 2.05) is 112 Å². The molecule has 3 aromatic carbocycles. The number of hydrogen-bond acceptors (Lipinski definition) is 9. The predicted molar refractivity (Wildman–Crippen MR) is 179 cm³/mol. The van der Waals surface area contributed by atoms with Gasteiger partial charge in [-0.15, -0.1) is 0 Å². The first kappa shape index (κ1) is 36.8. The van der Waals surface area contributed by atoms with Crippen molar-refractivity contribution >= 4 is 17.9 Å². The highest BCUT2D eigenvalue weighted by atomic mass is 16.7. The van der Waals surface area contributed by atoms with E-state index in [0.717, 1.165) is 16.7 Å². The molecule has 48 heavy (non-hydrogen) atoms. The van der Waals surface area contributed by atoms with Crippen LogP contribution in [0.2, 0.25) is 0 Å². The van der Waals surface area contributed by atoms with Crippen molar-refractivity contribution in [3.63, 3.8) is 0 Å². The Labute approximate surface area is 283 Å². The standard InChI is InChI=1S/C39H48O9/c1-4-16-31(40)46-37-34(43-25-28-19-10-7-11-20-28)35(44-26-29-21-12-8-13-22-29)38(47-32(41)17-5-2)39(48-33(42)18-6-3)36(37)45-27-30-23-14-9-15-24-30/h7-15,19-24,34-39H,4-6,16-18,25-27H2,1-3H3/t34-,35-,36-,37+,38-,39+/m0/s1. The minimum Gasteiger partial charge on any atom is -0.457 e. The maximum Gasteiger partial charge on any atom is 0.306 e. The van der Waals surface area contributed by atoms with Gasteiger partial charge in [-0.2, -0.15) is 0 Å². The summed E-state index contributed by atoms with van der Waals surface area (Å²) in [6.45, 7) is 6.05. The number of carbonyl (C=O) groups is 3. The van der Waals surface area contributed by atoms with Crippen LogP contribution in [0.5, 0.6) is 0 Å². The molecule has 0 spiro atoms. The molecule has 9 nitrogen and oxygen atoms in total. The van der Waals surface area contributed by atoms with Crippen molar-refractivity contribution in [2.24, 2.45) is 0 Å². The van der Waals surface area contributed by atoms with Crippen LogP contribution in [0.15, 0.2) is 91.0 Å². The zero-order valence-corrected chi connectivity index (χ0v) is 28.2. The Morgan fingerprint density at radius 2 is 0.667 bits per heavy atom. The Kier molecular flexibility index (Phi) is 15.1. The zero-order chi connectivity index (χ0) is 34.1. The fraction of sp³-hybridized carbons (Fsp3) is 0.462. The minimum atomic E-state index is -1.16. The van der Waals surface area contributed by atoms with Gasteiger partial charge in [0.1, 0.15) is 18.3 Å². The fourth-order valence-electron chi connectivity index (χ4n) is 5.64. The SMILES string of the molecule is CCCC(=O)O[C@@H]1[C@@H](OCc2ccccc2)[C@H](OCc2ccccc2)[C@H](OC(=O)CCC)[C@H](OC(=O)CCC)[C@H]1OCc1ccccc1. The van der Waals surface area contributed by atoms with Crippen LogP contribution in [0, 0.1) is 0 Å². The molecule has 0 amide bonds. The summed E-state index contributed by atoms with van der Waals surface area (Å²) >= 11 is 0. The molecule has 0 heterocycles. The molecule has 0 N–H and O–H groups in total. The Balaban J connectivity index is 1.82. The topological polar surface area (TPSA) is 107 Å². The number of benzene rings is 3. The second-order valence-electron chi connectivity index (χ2n) is 11.9. The number of hydrogen-bond donors (Lipinski definition) is 0. The van der Waals surface area contributed by atoms with Crippen molar-refractivity contribution in [1.29, 1.82) is 0 Å². The third kappa shape index (κ3) is 11.0. The van der Waals surface area contributed by atoms with E-state index in [9.17, 15) is 14.4 Å². The summed E-state index contributed by atoms with van der Waals surface area (Å²) in [5, 5.41) is 0.